The van der Waals surface area contributed by atoms with E-state index in [0.717, 1.165) is 23.8 Å². The first-order chi connectivity index (χ1) is 22.9. The van der Waals surface area contributed by atoms with E-state index in [1.54, 1.807) is 6.07 Å². The van der Waals surface area contributed by atoms with Gasteiger partial charge in [-0.05, 0) is 150 Å². The van der Waals surface area contributed by atoms with Crippen LogP contribution in [0.2, 0.25) is 0 Å². The van der Waals surface area contributed by atoms with E-state index in [1.165, 1.54) is 81.6 Å². The van der Waals surface area contributed by atoms with Gasteiger partial charge in [0, 0.05) is 17.5 Å². The first-order valence-electron chi connectivity index (χ1n) is 19.0. The minimum atomic E-state index is -0.427. The highest BCUT2D eigenvalue weighted by molar-refractivity contribution is 5.80. The summed E-state index contributed by atoms with van der Waals surface area (Å²) in [5, 5.41) is 21.2. The van der Waals surface area contributed by atoms with Crippen LogP contribution in [-0.4, -0.2) is 22.9 Å². The van der Waals surface area contributed by atoms with E-state index in [2.05, 4.69) is 61.5 Å². The van der Waals surface area contributed by atoms with Gasteiger partial charge in [-0.2, -0.15) is 0 Å². The number of phenols is 1. The smallest absolute Gasteiger partial charge is 0.336 e. The number of phenolic OH excluding ortho intramolecular Hbond substituents is 1. The van der Waals surface area contributed by atoms with Crippen molar-refractivity contribution in [3.63, 3.8) is 0 Å². The van der Waals surface area contributed by atoms with Crippen molar-refractivity contribution in [2.75, 3.05) is 6.61 Å². The summed E-state index contributed by atoms with van der Waals surface area (Å²) < 4.78 is 10.4. The molecule has 4 aliphatic carbocycles. The number of aromatic hydroxyl groups is 1. The molecule has 0 amide bonds. The Morgan fingerprint density at radius 3 is 2.35 bits per heavy atom. The Kier molecular flexibility index (Phi) is 10.8. The Morgan fingerprint density at radius 1 is 0.939 bits per heavy atom. The van der Waals surface area contributed by atoms with Gasteiger partial charge < -0.3 is 19.4 Å². The average Bonchev–Trinajstić information content (AvgIpc) is 3.31. The summed E-state index contributed by atoms with van der Waals surface area (Å²) in [6.07, 6.45) is 17.1. The number of aliphatic hydroxyl groups is 1. The van der Waals surface area contributed by atoms with Crippen molar-refractivity contribution in [1.82, 2.24) is 0 Å². The SMILES string of the molecule is CC(C)=CCCC(C)C1CCC2(C)C3=C(CCC12C)C1(C)CCC(O)C(C)(C)C1CC3.CC(C)=CCOc1cc2oc(=O)ccc2cc1O. The van der Waals surface area contributed by atoms with Crippen molar-refractivity contribution in [2.45, 2.75) is 140 Å². The second-order valence-corrected chi connectivity index (χ2v) is 17.8. The van der Waals surface area contributed by atoms with Crippen LogP contribution in [-0.2, 0) is 0 Å². The van der Waals surface area contributed by atoms with Crippen LogP contribution in [0.4, 0.5) is 0 Å². The lowest BCUT2D eigenvalue weighted by molar-refractivity contribution is -0.0962. The van der Waals surface area contributed by atoms with E-state index < -0.39 is 5.63 Å². The average molecular weight is 673 g/mol. The summed E-state index contributed by atoms with van der Waals surface area (Å²) in [5.74, 6) is 2.65. The molecule has 0 bridgehead atoms. The molecule has 2 saturated carbocycles. The van der Waals surface area contributed by atoms with Gasteiger partial charge in [0.25, 0.3) is 0 Å². The maximum atomic E-state index is 11.1. The fourth-order valence-electron chi connectivity index (χ4n) is 11.0. The molecule has 2 aromatic rings. The molecule has 7 atom stereocenters. The van der Waals surface area contributed by atoms with Crippen molar-refractivity contribution < 1.29 is 19.4 Å². The summed E-state index contributed by atoms with van der Waals surface area (Å²) >= 11 is 0. The molecule has 1 aromatic carbocycles. The van der Waals surface area contributed by atoms with Gasteiger partial charge in [0.05, 0.1) is 6.10 Å². The summed E-state index contributed by atoms with van der Waals surface area (Å²) in [7, 11) is 0. The molecule has 5 nitrogen and oxygen atoms in total. The second kappa shape index (κ2) is 14.1. The molecule has 5 heteroatoms. The Labute approximate surface area is 295 Å². The fourth-order valence-corrected chi connectivity index (χ4v) is 11.0. The van der Waals surface area contributed by atoms with Crippen molar-refractivity contribution in [3.05, 3.63) is 69.1 Å². The summed E-state index contributed by atoms with van der Waals surface area (Å²) in [5.41, 5.74) is 7.50. The van der Waals surface area contributed by atoms with E-state index >= 15 is 0 Å². The van der Waals surface area contributed by atoms with Gasteiger partial charge in [-0.25, -0.2) is 4.79 Å². The van der Waals surface area contributed by atoms with E-state index in [-0.39, 0.29) is 17.3 Å². The van der Waals surface area contributed by atoms with Gasteiger partial charge in [-0.15, -0.1) is 0 Å². The molecule has 2 fully saturated rings. The highest BCUT2D eigenvalue weighted by Gasteiger charge is 2.63. The minimum absolute atomic E-state index is 0.0264. The largest absolute Gasteiger partial charge is 0.504 e. The van der Waals surface area contributed by atoms with Crippen molar-refractivity contribution in [2.24, 2.45) is 39.4 Å². The molecular formula is C44H64O5. The van der Waals surface area contributed by atoms with E-state index in [4.69, 9.17) is 9.15 Å². The molecule has 0 aliphatic heterocycles. The van der Waals surface area contributed by atoms with Crippen molar-refractivity contribution in [1.29, 1.82) is 0 Å². The molecule has 1 heterocycles. The van der Waals surface area contributed by atoms with E-state index in [1.807, 2.05) is 31.1 Å². The highest BCUT2D eigenvalue weighted by atomic mass is 16.5. The zero-order valence-corrected chi connectivity index (χ0v) is 32.2. The minimum Gasteiger partial charge on any atom is -0.504 e. The summed E-state index contributed by atoms with van der Waals surface area (Å²) in [6.45, 7) is 23.9. The number of rotatable bonds is 7. The van der Waals surface area contributed by atoms with Crippen LogP contribution < -0.4 is 10.4 Å². The monoisotopic (exact) mass is 672 g/mol. The molecule has 4 aliphatic rings. The molecule has 0 spiro atoms. The zero-order valence-electron chi connectivity index (χ0n) is 32.2. The lowest BCUT2D eigenvalue weighted by Gasteiger charge is -2.62. The molecule has 2 N–H and O–H groups in total. The highest BCUT2D eigenvalue weighted by Crippen LogP contribution is 2.72. The topological polar surface area (TPSA) is 79.9 Å². The number of hydrogen-bond donors (Lipinski definition) is 2. The van der Waals surface area contributed by atoms with Gasteiger partial charge in [-0.1, -0.05) is 69.9 Å². The van der Waals surface area contributed by atoms with Gasteiger partial charge in [0.15, 0.2) is 11.5 Å². The van der Waals surface area contributed by atoms with Crippen LogP contribution in [0.1, 0.15) is 133 Å². The fraction of sp³-hybridized carbons (Fsp3) is 0.659. The molecule has 7 unspecified atom stereocenters. The van der Waals surface area contributed by atoms with Crippen LogP contribution in [0.15, 0.2) is 67.9 Å². The molecular weight excluding hydrogens is 608 g/mol. The van der Waals surface area contributed by atoms with E-state index in [0.29, 0.717) is 45.5 Å². The lowest BCUT2D eigenvalue weighted by atomic mass is 9.43. The normalized spacial score (nSPS) is 32.2. The van der Waals surface area contributed by atoms with Gasteiger partial charge in [0.1, 0.15) is 12.2 Å². The lowest BCUT2D eigenvalue weighted by Crippen LogP contribution is -2.55. The number of benzene rings is 1. The Balaban J connectivity index is 0.000000221. The quantitative estimate of drug-likeness (QED) is 0.226. The number of hydrogen-bond acceptors (Lipinski definition) is 5. The molecule has 0 radical (unpaired) electrons. The van der Waals surface area contributed by atoms with Crippen LogP contribution in [0.5, 0.6) is 11.5 Å². The Morgan fingerprint density at radius 2 is 1.65 bits per heavy atom. The van der Waals surface area contributed by atoms with Crippen molar-refractivity contribution >= 4 is 11.0 Å². The summed E-state index contributed by atoms with van der Waals surface area (Å²) in [6, 6.07) is 5.94. The molecule has 0 saturated heterocycles. The first kappa shape index (κ1) is 37.5. The van der Waals surface area contributed by atoms with E-state index in [9.17, 15) is 15.0 Å². The predicted molar refractivity (Wildman–Crippen MR) is 202 cm³/mol. The third-order valence-electron chi connectivity index (χ3n) is 14.1. The Hall–Kier alpha value is -2.79. The summed E-state index contributed by atoms with van der Waals surface area (Å²) in [4.78, 5) is 11.1. The molecule has 49 heavy (non-hydrogen) atoms. The van der Waals surface area contributed by atoms with Gasteiger partial charge in [0.2, 0.25) is 0 Å². The number of aliphatic hydroxyl groups excluding tert-OH is 1. The third-order valence-corrected chi connectivity index (χ3v) is 14.1. The molecule has 270 valence electrons. The number of ether oxygens (including phenoxy) is 1. The van der Waals surface area contributed by atoms with Crippen LogP contribution in [0, 0.1) is 39.4 Å². The van der Waals surface area contributed by atoms with Gasteiger partial charge >= 0.3 is 5.63 Å². The van der Waals surface area contributed by atoms with Crippen LogP contribution in [0.3, 0.4) is 0 Å². The first-order valence-corrected chi connectivity index (χ1v) is 19.0. The molecule has 6 rings (SSSR count). The zero-order chi connectivity index (χ0) is 35.9. The van der Waals surface area contributed by atoms with Crippen molar-refractivity contribution in [3.8, 4) is 11.5 Å². The third kappa shape index (κ3) is 6.95. The number of fused-ring (bicyclic) bond motifs is 5. The Bertz CT molecular complexity index is 1670. The van der Waals surface area contributed by atoms with Crippen LogP contribution in [0.25, 0.3) is 11.0 Å². The molecule has 1 aromatic heterocycles. The van der Waals surface area contributed by atoms with Gasteiger partial charge in [-0.3, -0.25) is 0 Å². The second-order valence-electron chi connectivity index (χ2n) is 17.8. The van der Waals surface area contributed by atoms with Crippen LogP contribution >= 0.6 is 0 Å². The standard InChI is InChI=1S/C30H50O.C14H14O4/c1-20(2)10-9-11-21(3)22-14-18-30(8)24-12-13-25-27(4,5)26(31)16-17-28(25,6)23(24)15-19-29(22,30)7;1-9(2)5-6-17-13-8-12-10(7-11(13)15)3-4-14(16)18-12/h10,21-22,25-26,31H,9,11-19H2,1-8H3;3-5,7-8,15H,6H2,1-2H3. The maximum absolute atomic E-state index is 11.1. The predicted octanol–water partition coefficient (Wildman–Crippen LogP) is 11.3. The maximum Gasteiger partial charge on any atom is 0.336 e. The number of allylic oxidation sites excluding steroid dienone is 5.